The van der Waals surface area contributed by atoms with Crippen LogP contribution in [-0.4, -0.2) is 38.3 Å². The highest BCUT2D eigenvalue weighted by molar-refractivity contribution is 7.89. The molecule has 0 aromatic heterocycles. The van der Waals surface area contributed by atoms with E-state index in [4.69, 9.17) is 27.9 Å². The Bertz CT molecular complexity index is 943. The number of hydrogen-bond acceptors (Lipinski definition) is 4. The van der Waals surface area contributed by atoms with E-state index in [2.05, 4.69) is 5.32 Å². The van der Waals surface area contributed by atoms with Crippen molar-refractivity contribution >= 4 is 39.1 Å². The third-order valence-electron chi connectivity index (χ3n) is 4.35. The maximum atomic E-state index is 12.9. The van der Waals surface area contributed by atoms with Crippen molar-refractivity contribution < 1.29 is 17.9 Å². The molecule has 1 aliphatic heterocycles. The minimum Gasteiger partial charge on any atom is -0.482 e. The van der Waals surface area contributed by atoms with Gasteiger partial charge in [-0.1, -0.05) is 35.3 Å². The van der Waals surface area contributed by atoms with Crippen molar-refractivity contribution in [3.05, 3.63) is 58.1 Å². The Hall–Kier alpha value is -1.80. The number of carbonyl (C=O) groups excluding carboxylic acids is 1. The molecule has 1 amide bonds. The molecule has 1 N–H and O–H groups in total. The summed E-state index contributed by atoms with van der Waals surface area (Å²) in [5, 5.41) is 3.63. The standard InChI is InChI=1S/C19H20Cl2N2O4S/c20-15-5-3-14(4-6-15)12-22-19(24)13-27-17-8-7-16(21)11-18(17)28(25,26)23-9-1-2-10-23/h3-8,11H,1-2,9-10,12-13H2,(H,22,24). The van der Waals surface area contributed by atoms with E-state index in [0.29, 0.717) is 24.7 Å². The third kappa shape index (κ3) is 5.17. The lowest BCUT2D eigenvalue weighted by molar-refractivity contribution is -0.123. The Morgan fingerprint density at radius 2 is 1.68 bits per heavy atom. The van der Waals surface area contributed by atoms with Crippen LogP contribution in [0.3, 0.4) is 0 Å². The molecule has 6 nitrogen and oxygen atoms in total. The van der Waals surface area contributed by atoms with Crippen LogP contribution >= 0.6 is 23.2 Å². The first-order valence-corrected chi connectivity index (χ1v) is 11.0. The molecule has 2 aromatic carbocycles. The van der Waals surface area contributed by atoms with Crippen LogP contribution in [0.5, 0.6) is 5.75 Å². The average molecular weight is 443 g/mol. The smallest absolute Gasteiger partial charge is 0.258 e. The number of hydrogen-bond donors (Lipinski definition) is 1. The normalized spacial score (nSPS) is 14.8. The van der Waals surface area contributed by atoms with Crippen molar-refractivity contribution in [1.82, 2.24) is 9.62 Å². The lowest BCUT2D eigenvalue weighted by Gasteiger charge is -2.18. The number of nitrogens with zero attached hydrogens (tertiary/aromatic N) is 1. The Morgan fingerprint density at radius 3 is 2.36 bits per heavy atom. The van der Waals surface area contributed by atoms with Gasteiger partial charge in [-0.2, -0.15) is 4.31 Å². The van der Waals surface area contributed by atoms with Gasteiger partial charge in [0.1, 0.15) is 10.6 Å². The largest absolute Gasteiger partial charge is 0.482 e. The highest BCUT2D eigenvalue weighted by atomic mass is 35.5. The molecule has 0 unspecified atom stereocenters. The van der Waals surface area contributed by atoms with E-state index in [9.17, 15) is 13.2 Å². The van der Waals surface area contributed by atoms with Crippen LogP contribution in [0.2, 0.25) is 10.0 Å². The molecular weight excluding hydrogens is 423 g/mol. The number of nitrogens with one attached hydrogen (secondary N) is 1. The van der Waals surface area contributed by atoms with E-state index in [-0.39, 0.29) is 28.2 Å². The molecule has 1 heterocycles. The monoisotopic (exact) mass is 442 g/mol. The van der Waals surface area contributed by atoms with Gasteiger partial charge in [0, 0.05) is 29.7 Å². The SMILES string of the molecule is O=C(COc1ccc(Cl)cc1S(=O)(=O)N1CCCC1)NCc1ccc(Cl)cc1. The number of carbonyl (C=O) groups is 1. The Labute approximate surface area is 174 Å². The second kappa shape index (κ2) is 9.13. The van der Waals surface area contributed by atoms with Gasteiger partial charge in [0.05, 0.1) is 0 Å². The van der Waals surface area contributed by atoms with Crippen molar-refractivity contribution in [1.29, 1.82) is 0 Å². The van der Waals surface area contributed by atoms with Crippen LogP contribution < -0.4 is 10.1 Å². The van der Waals surface area contributed by atoms with Crippen LogP contribution in [0.1, 0.15) is 18.4 Å². The number of ether oxygens (including phenoxy) is 1. The molecule has 28 heavy (non-hydrogen) atoms. The average Bonchev–Trinajstić information content (AvgIpc) is 3.22. The molecule has 9 heteroatoms. The first kappa shape index (κ1) is 20.9. The van der Waals surface area contributed by atoms with Gasteiger partial charge in [-0.3, -0.25) is 4.79 Å². The molecule has 0 atom stereocenters. The van der Waals surface area contributed by atoms with Gasteiger partial charge < -0.3 is 10.1 Å². The first-order chi connectivity index (χ1) is 13.4. The molecule has 0 radical (unpaired) electrons. The summed E-state index contributed by atoms with van der Waals surface area (Å²) in [4.78, 5) is 12.1. The lowest BCUT2D eigenvalue weighted by Crippen LogP contribution is -2.30. The molecule has 3 rings (SSSR count). The molecule has 2 aromatic rings. The fourth-order valence-corrected chi connectivity index (χ4v) is 4.90. The predicted molar refractivity (Wildman–Crippen MR) is 108 cm³/mol. The van der Waals surface area contributed by atoms with Gasteiger partial charge >= 0.3 is 0 Å². The van der Waals surface area contributed by atoms with Gasteiger partial charge in [0.2, 0.25) is 10.0 Å². The quantitative estimate of drug-likeness (QED) is 0.711. The topological polar surface area (TPSA) is 75.7 Å². The number of rotatable bonds is 7. The second-order valence-corrected chi connectivity index (χ2v) is 9.17. The highest BCUT2D eigenvalue weighted by Crippen LogP contribution is 2.31. The Morgan fingerprint density at radius 1 is 1.04 bits per heavy atom. The van der Waals surface area contributed by atoms with E-state index < -0.39 is 10.0 Å². The van der Waals surface area contributed by atoms with E-state index in [1.54, 1.807) is 12.1 Å². The zero-order valence-corrected chi connectivity index (χ0v) is 17.4. The number of sulfonamides is 1. The molecule has 1 fully saturated rings. The first-order valence-electron chi connectivity index (χ1n) is 8.80. The van der Waals surface area contributed by atoms with E-state index >= 15 is 0 Å². The molecule has 150 valence electrons. The zero-order chi connectivity index (χ0) is 20.1. The molecule has 0 saturated carbocycles. The van der Waals surface area contributed by atoms with Crippen molar-refractivity contribution in [2.24, 2.45) is 0 Å². The van der Waals surface area contributed by atoms with Crippen molar-refractivity contribution in [2.75, 3.05) is 19.7 Å². The molecule has 0 spiro atoms. The second-order valence-electron chi connectivity index (χ2n) is 6.39. The predicted octanol–water partition coefficient (Wildman–Crippen LogP) is 3.47. The zero-order valence-electron chi connectivity index (χ0n) is 15.0. The summed E-state index contributed by atoms with van der Waals surface area (Å²) in [5.74, 6) is -0.257. The van der Waals surface area contributed by atoms with Crippen LogP contribution in [0.15, 0.2) is 47.4 Å². The number of halogens is 2. The minimum atomic E-state index is -3.72. The maximum Gasteiger partial charge on any atom is 0.258 e. The summed E-state index contributed by atoms with van der Waals surface area (Å²) in [7, 11) is -3.72. The van der Waals surface area contributed by atoms with E-state index in [1.165, 1.54) is 22.5 Å². The van der Waals surface area contributed by atoms with E-state index in [1.807, 2.05) is 12.1 Å². The van der Waals surface area contributed by atoms with Crippen molar-refractivity contribution in [3.63, 3.8) is 0 Å². The summed E-state index contributed by atoms with van der Waals surface area (Å²) >= 11 is 11.8. The Kier molecular flexibility index (Phi) is 6.82. The summed E-state index contributed by atoms with van der Waals surface area (Å²) < 4.78 is 32.7. The molecule has 0 bridgehead atoms. The fraction of sp³-hybridized carbons (Fsp3) is 0.316. The van der Waals surface area contributed by atoms with Crippen LogP contribution in [0.25, 0.3) is 0 Å². The van der Waals surface area contributed by atoms with Gasteiger partial charge in [-0.05, 0) is 48.7 Å². The fourth-order valence-electron chi connectivity index (χ4n) is 2.87. The number of amides is 1. The summed E-state index contributed by atoms with van der Waals surface area (Å²) in [6.07, 6.45) is 1.65. The lowest BCUT2D eigenvalue weighted by atomic mass is 10.2. The van der Waals surface area contributed by atoms with Crippen molar-refractivity contribution in [2.45, 2.75) is 24.3 Å². The molecule has 0 aliphatic carbocycles. The third-order valence-corrected chi connectivity index (χ3v) is 6.76. The maximum absolute atomic E-state index is 12.9. The highest BCUT2D eigenvalue weighted by Gasteiger charge is 2.30. The van der Waals surface area contributed by atoms with Crippen molar-refractivity contribution in [3.8, 4) is 5.75 Å². The van der Waals surface area contributed by atoms with Gasteiger partial charge in [0.15, 0.2) is 6.61 Å². The minimum absolute atomic E-state index is 0.0209. The Balaban J connectivity index is 1.65. The van der Waals surface area contributed by atoms with E-state index in [0.717, 1.165) is 18.4 Å². The van der Waals surface area contributed by atoms with Gasteiger partial charge in [-0.15, -0.1) is 0 Å². The molecule has 1 aliphatic rings. The molecule has 1 saturated heterocycles. The van der Waals surface area contributed by atoms with Gasteiger partial charge in [0.25, 0.3) is 5.91 Å². The summed E-state index contributed by atoms with van der Waals surface area (Å²) in [5.41, 5.74) is 0.890. The van der Waals surface area contributed by atoms with Gasteiger partial charge in [-0.25, -0.2) is 8.42 Å². The van der Waals surface area contributed by atoms with Crippen LogP contribution in [-0.2, 0) is 21.4 Å². The summed E-state index contributed by atoms with van der Waals surface area (Å²) in [6, 6.07) is 11.5. The molecular formula is C19H20Cl2N2O4S. The van der Waals surface area contributed by atoms with Crippen LogP contribution in [0.4, 0.5) is 0 Å². The number of benzene rings is 2. The summed E-state index contributed by atoms with van der Waals surface area (Å²) in [6.45, 7) is 0.947. The van der Waals surface area contributed by atoms with Crippen LogP contribution in [0, 0.1) is 0 Å².